The van der Waals surface area contributed by atoms with Gasteiger partial charge in [-0.15, -0.1) is 0 Å². The van der Waals surface area contributed by atoms with Gasteiger partial charge in [-0.25, -0.2) is 4.98 Å². The van der Waals surface area contributed by atoms with Crippen LogP contribution in [-0.4, -0.2) is 22.8 Å². The number of ether oxygens (including phenoxy) is 1. The number of hydrogen-bond acceptors (Lipinski definition) is 3. The summed E-state index contributed by atoms with van der Waals surface area (Å²) in [7, 11) is 0. The first kappa shape index (κ1) is 11.7. The van der Waals surface area contributed by atoms with Crippen LogP contribution in [0.25, 0.3) is 0 Å². The molecular formula is C8H7F3N2OS. The van der Waals surface area contributed by atoms with Crippen molar-refractivity contribution in [3.63, 3.8) is 0 Å². The van der Waals surface area contributed by atoms with Crippen LogP contribution in [0.3, 0.4) is 0 Å². The summed E-state index contributed by atoms with van der Waals surface area (Å²) in [5, 5.41) is 0. The quantitative estimate of drug-likeness (QED) is 0.811. The molecule has 82 valence electrons. The van der Waals surface area contributed by atoms with Crippen molar-refractivity contribution >= 4 is 17.2 Å². The summed E-state index contributed by atoms with van der Waals surface area (Å²) in [6, 6.07) is 2.76. The highest BCUT2D eigenvalue weighted by Gasteiger charge is 2.29. The van der Waals surface area contributed by atoms with Gasteiger partial charge in [-0.2, -0.15) is 13.2 Å². The van der Waals surface area contributed by atoms with Gasteiger partial charge in [0.2, 0.25) is 0 Å². The maximum atomic E-state index is 11.9. The summed E-state index contributed by atoms with van der Waals surface area (Å²) >= 11 is 4.61. The van der Waals surface area contributed by atoms with Crippen molar-refractivity contribution in [2.45, 2.75) is 6.18 Å². The molecule has 0 spiro atoms. The number of halogens is 3. The second kappa shape index (κ2) is 4.43. The lowest BCUT2D eigenvalue weighted by molar-refractivity contribution is -0.153. The average Bonchev–Trinajstić information content (AvgIpc) is 2.14. The number of hydrogen-bond donors (Lipinski definition) is 1. The molecule has 0 saturated carbocycles. The number of thiocarbonyl (C=S) groups is 1. The van der Waals surface area contributed by atoms with Gasteiger partial charge < -0.3 is 10.5 Å². The summed E-state index contributed by atoms with van der Waals surface area (Å²) in [4.78, 5) is 3.62. The van der Waals surface area contributed by atoms with Crippen LogP contribution < -0.4 is 10.5 Å². The van der Waals surface area contributed by atoms with Crippen molar-refractivity contribution in [3.05, 3.63) is 24.0 Å². The van der Waals surface area contributed by atoms with E-state index in [1.807, 2.05) is 0 Å². The summed E-state index contributed by atoms with van der Waals surface area (Å²) in [6.07, 6.45) is -3.03. The van der Waals surface area contributed by atoms with Crippen LogP contribution in [0.4, 0.5) is 13.2 Å². The Morgan fingerprint density at radius 3 is 2.73 bits per heavy atom. The molecule has 0 saturated heterocycles. The van der Waals surface area contributed by atoms with Crippen molar-refractivity contribution in [2.24, 2.45) is 5.73 Å². The zero-order valence-corrected chi connectivity index (χ0v) is 8.23. The molecule has 0 radical (unpaired) electrons. The van der Waals surface area contributed by atoms with E-state index in [1.54, 1.807) is 0 Å². The predicted molar refractivity (Wildman–Crippen MR) is 51.7 cm³/mol. The molecule has 0 bridgehead atoms. The molecular weight excluding hydrogens is 229 g/mol. The highest BCUT2D eigenvalue weighted by Crippen LogP contribution is 2.20. The van der Waals surface area contributed by atoms with Gasteiger partial charge in [0.25, 0.3) is 0 Å². The Balaban J connectivity index is 2.81. The van der Waals surface area contributed by atoms with Gasteiger partial charge in [-0.3, -0.25) is 0 Å². The van der Waals surface area contributed by atoms with Crippen LogP contribution >= 0.6 is 12.2 Å². The minimum atomic E-state index is -4.40. The number of pyridine rings is 1. The third-order valence-corrected chi connectivity index (χ3v) is 1.59. The van der Waals surface area contributed by atoms with E-state index in [2.05, 4.69) is 21.9 Å². The van der Waals surface area contributed by atoms with E-state index in [9.17, 15) is 13.2 Å². The fourth-order valence-electron chi connectivity index (χ4n) is 0.852. The van der Waals surface area contributed by atoms with E-state index >= 15 is 0 Å². The van der Waals surface area contributed by atoms with Crippen LogP contribution in [-0.2, 0) is 0 Å². The minimum Gasteiger partial charge on any atom is -0.482 e. The van der Waals surface area contributed by atoms with Crippen LogP contribution in [0.1, 0.15) is 5.69 Å². The number of rotatable bonds is 3. The molecule has 1 rings (SSSR count). The zero-order chi connectivity index (χ0) is 11.5. The normalized spacial score (nSPS) is 11.1. The molecule has 0 unspecified atom stereocenters. The van der Waals surface area contributed by atoms with Crippen molar-refractivity contribution in [1.82, 2.24) is 4.98 Å². The van der Waals surface area contributed by atoms with Crippen molar-refractivity contribution in [2.75, 3.05) is 6.61 Å². The maximum absolute atomic E-state index is 11.9. The van der Waals surface area contributed by atoms with E-state index in [-0.39, 0.29) is 16.4 Å². The molecule has 0 aliphatic rings. The third kappa shape index (κ3) is 3.70. The lowest BCUT2D eigenvalue weighted by atomic mass is 10.3. The number of nitrogens with zero attached hydrogens (tertiary/aromatic N) is 1. The molecule has 2 N–H and O–H groups in total. The first-order valence-corrected chi connectivity index (χ1v) is 4.25. The SMILES string of the molecule is NC(=S)c1ncccc1OCC(F)(F)F. The van der Waals surface area contributed by atoms with Gasteiger partial charge >= 0.3 is 6.18 Å². The topological polar surface area (TPSA) is 48.1 Å². The standard InChI is InChI=1S/C8H7F3N2OS/c9-8(10,11)4-14-5-2-1-3-13-6(5)7(12)15/h1-3H,4H2,(H2,12,15). The molecule has 1 aromatic heterocycles. The van der Waals surface area contributed by atoms with Crippen LogP contribution in [0.15, 0.2) is 18.3 Å². The van der Waals surface area contributed by atoms with E-state index in [0.29, 0.717) is 0 Å². The Hall–Kier alpha value is -1.37. The molecule has 0 amide bonds. The molecule has 0 aliphatic heterocycles. The average molecular weight is 236 g/mol. The molecule has 1 aromatic rings. The van der Waals surface area contributed by atoms with Crippen molar-refractivity contribution in [1.29, 1.82) is 0 Å². The first-order valence-electron chi connectivity index (χ1n) is 3.84. The fraction of sp³-hybridized carbons (Fsp3) is 0.250. The van der Waals surface area contributed by atoms with Gasteiger partial charge in [-0.05, 0) is 12.1 Å². The Morgan fingerprint density at radius 1 is 1.53 bits per heavy atom. The molecule has 3 nitrogen and oxygen atoms in total. The highest BCUT2D eigenvalue weighted by atomic mass is 32.1. The second-order valence-electron chi connectivity index (χ2n) is 2.62. The van der Waals surface area contributed by atoms with E-state index < -0.39 is 12.8 Å². The van der Waals surface area contributed by atoms with E-state index in [1.165, 1.54) is 18.3 Å². The number of aromatic nitrogens is 1. The van der Waals surface area contributed by atoms with Gasteiger partial charge in [0.05, 0.1) is 0 Å². The summed E-state index contributed by atoms with van der Waals surface area (Å²) in [6.45, 7) is -1.39. The van der Waals surface area contributed by atoms with Gasteiger partial charge in [-0.1, -0.05) is 12.2 Å². The lowest BCUT2D eigenvalue weighted by Crippen LogP contribution is -2.21. The molecule has 7 heteroatoms. The minimum absolute atomic E-state index is 0.0525. The largest absolute Gasteiger partial charge is 0.482 e. The second-order valence-corrected chi connectivity index (χ2v) is 3.06. The molecule has 0 fully saturated rings. The summed E-state index contributed by atoms with van der Waals surface area (Å²) < 4.78 is 40.1. The predicted octanol–water partition coefficient (Wildman–Crippen LogP) is 1.66. The molecule has 0 aliphatic carbocycles. The number of nitrogens with two attached hydrogens (primary N) is 1. The van der Waals surface area contributed by atoms with Gasteiger partial charge in [0.1, 0.15) is 16.4 Å². The number of alkyl halides is 3. The van der Waals surface area contributed by atoms with Crippen LogP contribution in [0, 0.1) is 0 Å². The molecule has 0 aromatic carbocycles. The molecule has 0 atom stereocenters. The van der Waals surface area contributed by atoms with Crippen molar-refractivity contribution < 1.29 is 17.9 Å². The Labute approximate surface area is 89.1 Å². The molecule has 15 heavy (non-hydrogen) atoms. The van der Waals surface area contributed by atoms with Crippen LogP contribution in [0.5, 0.6) is 5.75 Å². The van der Waals surface area contributed by atoms with E-state index in [4.69, 9.17) is 5.73 Å². The van der Waals surface area contributed by atoms with Gasteiger partial charge in [0.15, 0.2) is 6.61 Å². The maximum Gasteiger partial charge on any atom is 0.422 e. The zero-order valence-electron chi connectivity index (χ0n) is 7.41. The van der Waals surface area contributed by atoms with Gasteiger partial charge in [0, 0.05) is 6.20 Å². The Morgan fingerprint density at radius 2 is 2.20 bits per heavy atom. The Kier molecular flexibility index (Phi) is 3.46. The van der Waals surface area contributed by atoms with Crippen molar-refractivity contribution in [3.8, 4) is 5.75 Å². The summed E-state index contributed by atoms with van der Waals surface area (Å²) in [5.74, 6) is -0.0673. The summed E-state index contributed by atoms with van der Waals surface area (Å²) in [5.41, 5.74) is 5.31. The fourth-order valence-corrected chi connectivity index (χ4v) is 1.00. The van der Waals surface area contributed by atoms with Crippen LogP contribution in [0.2, 0.25) is 0 Å². The molecule has 1 heterocycles. The Bertz CT molecular complexity index is 367. The monoisotopic (exact) mass is 236 g/mol. The first-order chi connectivity index (χ1) is 6.90. The van der Waals surface area contributed by atoms with E-state index in [0.717, 1.165) is 0 Å². The third-order valence-electron chi connectivity index (χ3n) is 1.40. The smallest absolute Gasteiger partial charge is 0.422 e. The highest BCUT2D eigenvalue weighted by molar-refractivity contribution is 7.80. The lowest BCUT2D eigenvalue weighted by Gasteiger charge is -2.11.